The first-order chi connectivity index (χ1) is 9.20. The maximum atomic E-state index is 11.9. The van der Waals surface area contributed by atoms with Gasteiger partial charge < -0.3 is 5.32 Å². The average Bonchev–Trinajstić information content (AvgIpc) is 2.87. The van der Waals surface area contributed by atoms with Crippen LogP contribution in [0.1, 0.15) is 27.9 Å². The standard InChI is InChI=1S/C13H14ClN3OS/c1-2-11-12(19-17-16-11)13(18)15-7-6-9-4-3-5-10(14)8-9/h3-5,8H,2,6-7H2,1H3,(H,15,18). The number of carbonyl (C=O) groups is 1. The van der Waals surface area contributed by atoms with Crippen LogP contribution in [0.25, 0.3) is 0 Å². The summed E-state index contributed by atoms with van der Waals surface area (Å²) in [7, 11) is 0. The molecule has 0 saturated heterocycles. The van der Waals surface area contributed by atoms with Crippen LogP contribution < -0.4 is 5.32 Å². The van der Waals surface area contributed by atoms with Gasteiger partial charge >= 0.3 is 0 Å². The Morgan fingerprint density at radius 3 is 3.05 bits per heavy atom. The molecule has 0 aliphatic carbocycles. The van der Waals surface area contributed by atoms with Crippen LogP contribution in [-0.2, 0) is 12.8 Å². The molecule has 1 amide bonds. The third-order valence-corrected chi connectivity index (χ3v) is 3.69. The van der Waals surface area contributed by atoms with Crippen molar-refractivity contribution in [3.63, 3.8) is 0 Å². The van der Waals surface area contributed by atoms with Crippen LogP contribution in [-0.4, -0.2) is 22.0 Å². The summed E-state index contributed by atoms with van der Waals surface area (Å²) in [6, 6.07) is 7.63. The van der Waals surface area contributed by atoms with E-state index in [2.05, 4.69) is 14.9 Å². The highest BCUT2D eigenvalue weighted by atomic mass is 35.5. The van der Waals surface area contributed by atoms with Gasteiger partial charge in [-0.25, -0.2) is 0 Å². The van der Waals surface area contributed by atoms with Gasteiger partial charge in [0, 0.05) is 11.6 Å². The summed E-state index contributed by atoms with van der Waals surface area (Å²) < 4.78 is 3.81. The Hall–Kier alpha value is -1.46. The predicted octanol–water partition coefficient (Wildman–Crippen LogP) is 2.73. The van der Waals surface area contributed by atoms with Gasteiger partial charge in [0.25, 0.3) is 5.91 Å². The quantitative estimate of drug-likeness (QED) is 0.923. The Bertz CT molecular complexity index is 571. The molecule has 4 nitrogen and oxygen atoms in total. The fourth-order valence-electron chi connectivity index (χ4n) is 1.71. The van der Waals surface area contributed by atoms with E-state index in [1.165, 1.54) is 0 Å². The molecule has 0 atom stereocenters. The highest BCUT2D eigenvalue weighted by molar-refractivity contribution is 7.08. The fraction of sp³-hybridized carbons (Fsp3) is 0.308. The van der Waals surface area contributed by atoms with Crippen molar-refractivity contribution in [1.82, 2.24) is 14.9 Å². The third-order valence-electron chi connectivity index (χ3n) is 2.69. The Labute approximate surface area is 121 Å². The second-order valence-corrected chi connectivity index (χ2v) is 5.23. The minimum Gasteiger partial charge on any atom is -0.351 e. The van der Waals surface area contributed by atoms with Gasteiger partial charge in [-0.05, 0) is 42.1 Å². The molecule has 1 N–H and O–H groups in total. The largest absolute Gasteiger partial charge is 0.351 e. The van der Waals surface area contributed by atoms with Gasteiger partial charge in [-0.1, -0.05) is 35.1 Å². The van der Waals surface area contributed by atoms with Crippen molar-refractivity contribution >= 4 is 29.0 Å². The smallest absolute Gasteiger partial charge is 0.264 e. The second kappa shape index (κ2) is 6.63. The predicted molar refractivity (Wildman–Crippen MR) is 76.8 cm³/mol. The Morgan fingerprint density at radius 2 is 2.32 bits per heavy atom. The number of nitrogens with zero attached hydrogens (tertiary/aromatic N) is 2. The lowest BCUT2D eigenvalue weighted by Crippen LogP contribution is -2.25. The number of aryl methyl sites for hydroxylation is 1. The SMILES string of the molecule is CCc1nnsc1C(=O)NCCc1cccc(Cl)c1. The molecule has 0 spiro atoms. The van der Waals surface area contributed by atoms with E-state index >= 15 is 0 Å². The number of hydrogen-bond acceptors (Lipinski definition) is 4. The van der Waals surface area contributed by atoms with Crippen molar-refractivity contribution in [2.45, 2.75) is 19.8 Å². The number of carbonyl (C=O) groups excluding carboxylic acids is 1. The molecule has 2 aromatic rings. The van der Waals surface area contributed by atoms with Crippen molar-refractivity contribution in [2.24, 2.45) is 0 Å². The maximum Gasteiger partial charge on any atom is 0.264 e. The molecule has 2 rings (SSSR count). The monoisotopic (exact) mass is 295 g/mol. The van der Waals surface area contributed by atoms with Crippen LogP contribution in [0.2, 0.25) is 5.02 Å². The molecule has 0 fully saturated rings. The van der Waals surface area contributed by atoms with E-state index in [4.69, 9.17) is 11.6 Å². The van der Waals surface area contributed by atoms with Gasteiger partial charge in [0.2, 0.25) is 0 Å². The second-order valence-electron chi connectivity index (χ2n) is 4.04. The molecule has 0 unspecified atom stereocenters. The average molecular weight is 296 g/mol. The van der Waals surface area contributed by atoms with Gasteiger partial charge in [-0.3, -0.25) is 4.79 Å². The lowest BCUT2D eigenvalue weighted by Gasteiger charge is -2.04. The summed E-state index contributed by atoms with van der Waals surface area (Å²) in [6.45, 7) is 2.53. The van der Waals surface area contributed by atoms with E-state index in [-0.39, 0.29) is 5.91 Å². The van der Waals surface area contributed by atoms with Crippen LogP contribution >= 0.6 is 23.1 Å². The zero-order chi connectivity index (χ0) is 13.7. The zero-order valence-corrected chi connectivity index (χ0v) is 12.1. The zero-order valence-electron chi connectivity index (χ0n) is 10.5. The maximum absolute atomic E-state index is 11.9. The fourth-order valence-corrected chi connectivity index (χ4v) is 2.59. The minimum atomic E-state index is -0.103. The molecule has 1 aromatic heterocycles. The lowest BCUT2D eigenvalue weighted by atomic mass is 10.1. The number of nitrogens with one attached hydrogen (secondary N) is 1. The van der Waals surface area contributed by atoms with Gasteiger partial charge in [-0.15, -0.1) is 5.10 Å². The van der Waals surface area contributed by atoms with Gasteiger partial charge in [0.1, 0.15) is 4.88 Å². The van der Waals surface area contributed by atoms with E-state index in [9.17, 15) is 4.79 Å². The number of aromatic nitrogens is 2. The van der Waals surface area contributed by atoms with Crippen molar-refractivity contribution in [3.05, 3.63) is 45.4 Å². The van der Waals surface area contributed by atoms with E-state index in [0.717, 1.165) is 29.2 Å². The Balaban J connectivity index is 1.88. The molecule has 0 aliphatic rings. The molecule has 1 aromatic carbocycles. The number of rotatable bonds is 5. The summed E-state index contributed by atoms with van der Waals surface area (Å²) in [4.78, 5) is 12.5. The summed E-state index contributed by atoms with van der Waals surface area (Å²) in [5.74, 6) is -0.103. The highest BCUT2D eigenvalue weighted by Gasteiger charge is 2.14. The summed E-state index contributed by atoms with van der Waals surface area (Å²) in [6.07, 6.45) is 1.47. The number of halogens is 1. The molecule has 1 heterocycles. The van der Waals surface area contributed by atoms with E-state index in [1.807, 2.05) is 31.2 Å². The Morgan fingerprint density at radius 1 is 1.47 bits per heavy atom. The van der Waals surface area contributed by atoms with Crippen LogP contribution in [0.3, 0.4) is 0 Å². The highest BCUT2D eigenvalue weighted by Crippen LogP contribution is 2.12. The summed E-state index contributed by atoms with van der Waals surface area (Å²) in [5, 5.41) is 7.51. The van der Waals surface area contributed by atoms with Gasteiger partial charge in [0.05, 0.1) is 5.69 Å². The molecule has 6 heteroatoms. The lowest BCUT2D eigenvalue weighted by molar-refractivity contribution is 0.0957. The number of hydrogen-bond donors (Lipinski definition) is 1. The molecular weight excluding hydrogens is 282 g/mol. The van der Waals surface area contributed by atoms with Gasteiger partial charge in [0.15, 0.2) is 0 Å². The van der Waals surface area contributed by atoms with E-state index in [0.29, 0.717) is 22.9 Å². The van der Waals surface area contributed by atoms with Crippen LogP contribution in [0.15, 0.2) is 24.3 Å². The topological polar surface area (TPSA) is 54.9 Å². The molecular formula is C13H14ClN3OS. The van der Waals surface area contributed by atoms with Crippen molar-refractivity contribution in [1.29, 1.82) is 0 Å². The molecule has 0 saturated carbocycles. The first-order valence-corrected chi connectivity index (χ1v) is 7.19. The van der Waals surface area contributed by atoms with Crippen molar-refractivity contribution in [2.75, 3.05) is 6.54 Å². The van der Waals surface area contributed by atoms with E-state index < -0.39 is 0 Å². The first-order valence-electron chi connectivity index (χ1n) is 6.04. The van der Waals surface area contributed by atoms with Crippen molar-refractivity contribution in [3.8, 4) is 0 Å². The van der Waals surface area contributed by atoms with Crippen molar-refractivity contribution < 1.29 is 4.79 Å². The molecule has 0 aliphatic heterocycles. The van der Waals surface area contributed by atoms with Crippen LogP contribution in [0.5, 0.6) is 0 Å². The van der Waals surface area contributed by atoms with Crippen LogP contribution in [0, 0.1) is 0 Å². The Kier molecular flexibility index (Phi) is 4.87. The molecule has 0 bridgehead atoms. The third kappa shape index (κ3) is 3.75. The molecule has 19 heavy (non-hydrogen) atoms. The minimum absolute atomic E-state index is 0.103. The molecule has 100 valence electrons. The number of amides is 1. The molecule has 0 radical (unpaired) electrons. The summed E-state index contributed by atoms with van der Waals surface area (Å²) in [5.41, 5.74) is 1.86. The number of benzene rings is 1. The van der Waals surface area contributed by atoms with Crippen LogP contribution in [0.4, 0.5) is 0 Å². The van der Waals surface area contributed by atoms with E-state index in [1.54, 1.807) is 0 Å². The van der Waals surface area contributed by atoms with Gasteiger partial charge in [-0.2, -0.15) is 0 Å². The first kappa shape index (κ1) is 14.0. The summed E-state index contributed by atoms with van der Waals surface area (Å²) >= 11 is 7.04. The normalized spacial score (nSPS) is 10.4.